The molecule has 1 saturated heterocycles. The number of anilines is 1. The van der Waals surface area contributed by atoms with Crippen LogP contribution in [-0.4, -0.2) is 36.5 Å². The molecule has 6 heteroatoms. The van der Waals surface area contributed by atoms with Crippen LogP contribution in [-0.2, 0) is 4.74 Å². The van der Waals surface area contributed by atoms with Crippen LogP contribution in [0, 0.1) is 0 Å². The molecule has 4 nitrogen and oxygen atoms in total. The number of hydrogen-bond acceptors (Lipinski definition) is 4. The van der Waals surface area contributed by atoms with Crippen LogP contribution in [0.4, 0.5) is 5.69 Å². The van der Waals surface area contributed by atoms with Crippen LogP contribution < -0.4 is 4.90 Å². The number of morpholine rings is 1. The summed E-state index contributed by atoms with van der Waals surface area (Å²) >= 11 is 11.8. The Morgan fingerprint density at radius 3 is 2.71 bits per heavy atom. The smallest absolute Gasteiger partial charge is 0.172 e. The fourth-order valence-corrected chi connectivity index (χ4v) is 1.71. The highest BCUT2D eigenvalue weighted by molar-refractivity contribution is 6.42. The van der Waals surface area contributed by atoms with E-state index in [0.29, 0.717) is 18.2 Å². The van der Waals surface area contributed by atoms with Gasteiger partial charge in [0.1, 0.15) is 5.02 Å². The third-order valence-electron chi connectivity index (χ3n) is 2.08. The van der Waals surface area contributed by atoms with E-state index in [1.165, 1.54) is 0 Å². The molecule has 0 amide bonds. The molecule has 0 spiro atoms. The molecule has 0 atom stereocenters. The van der Waals surface area contributed by atoms with Crippen molar-refractivity contribution in [3.8, 4) is 0 Å². The molecule has 1 fully saturated rings. The van der Waals surface area contributed by atoms with Gasteiger partial charge in [-0.25, -0.2) is 0 Å². The van der Waals surface area contributed by atoms with Crippen LogP contribution in [0.15, 0.2) is 6.20 Å². The SMILES string of the molecule is Clc1nncc(N2CCOCC2)c1Cl. The molecule has 0 aromatic carbocycles. The molecule has 1 aliphatic rings. The molecule has 1 aliphatic heterocycles. The number of nitrogens with zero attached hydrogens (tertiary/aromatic N) is 3. The van der Waals surface area contributed by atoms with Gasteiger partial charge in [0.2, 0.25) is 0 Å². The topological polar surface area (TPSA) is 38.2 Å². The zero-order chi connectivity index (χ0) is 9.97. The normalized spacial score (nSPS) is 17.1. The second-order valence-electron chi connectivity index (χ2n) is 2.93. The summed E-state index contributed by atoms with van der Waals surface area (Å²) in [5.41, 5.74) is 0.829. The monoisotopic (exact) mass is 233 g/mol. The second kappa shape index (κ2) is 4.29. The standard InChI is InChI=1S/C8H9Cl2N3O/c9-7-6(5-11-12-8(7)10)13-1-3-14-4-2-13/h5H,1-4H2. The first-order valence-electron chi connectivity index (χ1n) is 4.28. The number of halogens is 2. The fraction of sp³-hybridized carbons (Fsp3) is 0.500. The quantitative estimate of drug-likeness (QED) is 0.740. The molecule has 0 aliphatic carbocycles. The average molecular weight is 234 g/mol. The van der Waals surface area contributed by atoms with Crippen molar-refractivity contribution in [3.05, 3.63) is 16.4 Å². The summed E-state index contributed by atoms with van der Waals surface area (Å²) in [5.74, 6) is 0. The van der Waals surface area contributed by atoms with Gasteiger partial charge in [-0.1, -0.05) is 23.2 Å². The Hall–Kier alpha value is -0.580. The molecule has 0 saturated carbocycles. The lowest BCUT2D eigenvalue weighted by atomic mass is 10.3. The molecule has 0 unspecified atom stereocenters. The summed E-state index contributed by atoms with van der Waals surface area (Å²) < 4.78 is 5.24. The lowest BCUT2D eigenvalue weighted by Gasteiger charge is -2.28. The molecule has 2 heterocycles. The van der Waals surface area contributed by atoms with Gasteiger partial charge in [-0.05, 0) is 0 Å². The predicted molar refractivity (Wildman–Crippen MR) is 55.1 cm³/mol. The van der Waals surface area contributed by atoms with Gasteiger partial charge in [0.25, 0.3) is 0 Å². The number of aromatic nitrogens is 2. The van der Waals surface area contributed by atoms with E-state index in [0.717, 1.165) is 18.8 Å². The van der Waals surface area contributed by atoms with Crippen LogP contribution in [0.3, 0.4) is 0 Å². The Balaban J connectivity index is 2.26. The summed E-state index contributed by atoms with van der Waals surface area (Å²) in [6.45, 7) is 3.02. The third-order valence-corrected chi connectivity index (χ3v) is 2.82. The maximum Gasteiger partial charge on any atom is 0.172 e. The van der Waals surface area contributed by atoms with E-state index in [9.17, 15) is 0 Å². The summed E-state index contributed by atoms with van der Waals surface area (Å²) in [7, 11) is 0. The van der Waals surface area contributed by atoms with Crippen LogP contribution in [0.1, 0.15) is 0 Å². The van der Waals surface area contributed by atoms with Crippen molar-refractivity contribution in [2.45, 2.75) is 0 Å². The van der Waals surface area contributed by atoms with Gasteiger partial charge in [-0.2, -0.15) is 5.10 Å². The van der Waals surface area contributed by atoms with Crippen molar-refractivity contribution in [1.29, 1.82) is 0 Å². The van der Waals surface area contributed by atoms with E-state index >= 15 is 0 Å². The summed E-state index contributed by atoms with van der Waals surface area (Å²) in [5, 5.41) is 8.14. The Bertz CT molecular complexity index is 328. The Morgan fingerprint density at radius 1 is 1.29 bits per heavy atom. The lowest BCUT2D eigenvalue weighted by Crippen LogP contribution is -2.36. The average Bonchev–Trinajstić information content (AvgIpc) is 2.23. The van der Waals surface area contributed by atoms with Crippen LogP contribution in [0.5, 0.6) is 0 Å². The van der Waals surface area contributed by atoms with Gasteiger partial charge in [0, 0.05) is 13.1 Å². The van der Waals surface area contributed by atoms with Gasteiger partial charge in [0.15, 0.2) is 5.15 Å². The maximum absolute atomic E-state index is 6.01. The zero-order valence-corrected chi connectivity index (χ0v) is 8.92. The van der Waals surface area contributed by atoms with E-state index in [2.05, 4.69) is 15.1 Å². The Morgan fingerprint density at radius 2 is 2.00 bits per heavy atom. The van der Waals surface area contributed by atoms with Gasteiger partial charge in [0.05, 0.1) is 25.1 Å². The van der Waals surface area contributed by atoms with Crippen molar-refractivity contribution in [1.82, 2.24) is 10.2 Å². The van der Waals surface area contributed by atoms with E-state index in [-0.39, 0.29) is 5.15 Å². The highest BCUT2D eigenvalue weighted by atomic mass is 35.5. The number of hydrogen-bond donors (Lipinski definition) is 0. The van der Waals surface area contributed by atoms with E-state index in [4.69, 9.17) is 27.9 Å². The first kappa shape index (κ1) is 9.96. The van der Waals surface area contributed by atoms with Crippen molar-refractivity contribution in [3.63, 3.8) is 0 Å². The fourth-order valence-electron chi connectivity index (χ4n) is 1.37. The van der Waals surface area contributed by atoms with E-state index in [1.807, 2.05) is 0 Å². The second-order valence-corrected chi connectivity index (χ2v) is 3.67. The number of ether oxygens (including phenoxy) is 1. The van der Waals surface area contributed by atoms with Crippen molar-refractivity contribution in [2.24, 2.45) is 0 Å². The molecule has 2 rings (SSSR count). The van der Waals surface area contributed by atoms with Gasteiger partial charge in [-0.15, -0.1) is 5.10 Å². The van der Waals surface area contributed by atoms with Crippen molar-refractivity contribution in [2.75, 3.05) is 31.2 Å². The lowest BCUT2D eigenvalue weighted by molar-refractivity contribution is 0.122. The minimum atomic E-state index is 0.246. The maximum atomic E-state index is 6.01. The first-order chi connectivity index (χ1) is 6.79. The van der Waals surface area contributed by atoms with Crippen molar-refractivity contribution >= 4 is 28.9 Å². The molecular weight excluding hydrogens is 225 g/mol. The van der Waals surface area contributed by atoms with E-state index < -0.39 is 0 Å². The minimum Gasteiger partial charge on any atom is -0.378 e. The first-order valence-corrected chi connectivity index (χ1v) is 5.04. The van der Waals surface area contributed by atoms with Gasteiger partial charge in [-0.3, -0.25) is 0 Å². The summed E-state index contributed by atoms with van der Waals surface area (Å²) in [4.78, 5) is 2.09. The largest absolute Gasteiger partial charge is 0.378 e. The minimum absolute atomic E-state index is 0.246. The van der Waals surface area contributed by atoms with Crippen molar-refractivity contribution < 1.29 is 4.74 Å². The molecule has 0 bridgehead atoms. The summed E-state index contributed by atoms with van der Waals surface area (Å²) in [6, 6.07) is 0. The van der Waals surface area contributed by atoms with Crippen LogP contribution in [0.25, 0.3) is 0 Å². The predicted octanol–water partition coefficient (Wildman–Crippen LogP) is 1.62. The molecule has 1 aromatic heterocycles. The molecule has 0 radical (unpaired) electrons. The molecule has 1 aromatic rings. The highest BCUT2D eigenvalue weighted by Gasteiger charge is 2.16. The Kier molecular flexibility index (Phi) is 3.05. The van der Waals surface area contributed by atoms with Crippen LogP contribution in [0.2, 0.25) is 10.2 Å². The molecule has 14 heavy (non-hydrogen) atoms. The van der Waals surface area contributed by atoms with E-state index in [1.54, 1.807) is 6.20 Å². The molecular formula is C8H9Cl2N3O. The highest BCUT2D eigenvalue weighted by Crippen LogP contribution is 2.29. The third kappa shape index (κ3) is 1.92. The zero-order valence-electron chi connectivity index (χ0n) is 7.41. The molecule has 76 valence electrons. The Labute approximate surface area is 91.8 Å². The van der Waals surface area contributed by atoms with Gasteiger partial charge < -0.3 is 9.64 Å². The van der Waals surface area contributed by atoms with Gasteiger partial charge >= 0.3 is 0 Å². The number of rotatable bonds is 1. The molecule has 0 N–H and O–H groups in total. The van der Waals surface area contributed by atoms with Crippen LogP contribution >= 0.6 is 23.2 Å². The summed E-state index contributed by atoms with van der Waals surface area (Å²) in [6.07, 6.45) is 1.62.